The molecule has 228 valence electrons. The number of aromatic nitrogens is 3. The number of carbonyl (C=O) groups is 3. The van der Waals surface area contributed by atoms with Gasteiger partial charge in [-0.05, 0) is 74.6 Å². The smallest absolute Gasteiger partial charge is 0.341 e. The van der Waals surface area contributed by atoms with Crippen LogP contribution in [0.2, 0.25) is 0 Å². The molecule has 2 aromatic heterocycles. The van der Waals surface area contributed by atoms with Crippen LogP contribution in [0.25, 0.3) is 5.69 Å². The van der Waals surface area contributed by atoms with Crippen molar-refractivity contribution in [1.82, 2.24) is 20.1 Å². The van der Waals surface area contributed by atoms with Crippen molar-refractivity contribution in [2.75, 3.05) is 17.7 Å². The van der Waals surface area contributed by atoms with Crippen molar-refractivity contribution in [2.24, 2.45) is 0 Å². The minimum absolute atomic E-state index is 0.0701. The van der Waals surface area contributed by atoms with Crippen molar-refractivity contribution in [1.29, 1.82) is 0 Å². The fourth-order valence-electron chi connectivity index (χ4n) is 4.72. The highest BCUT2D eigenvalue weighted by molar-refractivity contribution is 7.99. The minimum Gasteiger partial charge on any atom is -0.462 e. The summed E-state index contributed by atoms with van der Waals surface area (Å²) in [6.45, 7) is 1.89. The number of thiophene rings is 1. The summed E-state index contributed by atoms with van der Waals surface area (Å²) < 4.78 is 20.6. The molecule has 0 bridgehead atoms. The zero-order valence-electron chi connectivity index (χ0n) is 23.5. The van der Waals surface area contributed by atoms with E-state index in [1.54, 1.807) is 11.5 Å². The number of halogens is 1. The van der Waals surface area contributed by atoms with Gasteiger partial charge in [-0.15, -0.1) is 21.5 Å². The third-order valence-corrected chi connectivity index (χ3v) is 8.90. The number of esters is 1. The van der Waals surface area contributed by atoms with Gasteiger partial charge in [0, 0.05) is 28.3 Å². The van der Waals surface area contributed by atoms with Crippen LogP contribution < -0.4 is 10.6 Å². The second-order valence-electron chi connectivity index (χ2n) is 9.67. The van der Waals surface area contributed by atoms with Gasteiger partial charge in [-0.2, -0.15) is 0 Å². The molecular formula is C29H27FN6O6S2. The number of carbonyl (C=O) groups excluding carboxylic acids is 3. The van der Waals surface area contributed by atoms with E-state index in [1.807, 2.05) is 0 Å². The van der Waals surface area contributed by atoms with Crippen LogP contribution >= 0.6 is 23.1 Å². The Labute approximate surface area is 259 Å². The van der Waals surface area contributed by atoms with E-state index in [0.717, 1.165) is 47.9 Å². The lowest BCUT2D eigenvalue weighted by Gasteiger charge is -2.12. The van der Waals surface area contributed by atoms with E-state index in [0.29, 0.717) is 27.2 Å². The van der Waals surface area contributed by atoms with Gasteiger partial charge < -0.3 is 15.4 Å². The van der Waals surface area contributed by atoms with Gasteiger partial charge in [0.05, 0.1) is 29.4 Å². The topological polar surface area (TPSA) is 158 Å². The van der Waals surface area contributed by atoms with E-state index in [-0.39, 0.29) is 36.1 Å². The molecule has 2 N–H and O–H groups in total. The number of non-ortho nitro benzene ring substituents is 1. The van der Waals surface area contributed by atoms with E-state index >= 15 is 0 Å². The van der Waals surface area contributed by atoms with Crippen molar-refractivity contribution < 1.29 is 28.4 Å². The van der Waals surface area contributed by atoms with Crippen molar-refractivity contribution in [3.05, 3.63) is 91.9 Å². The normalized spacial score (nSPS) is 12.3. The Morgan fingerprint density at radius 1 is 1.09 bits per heavy atom. The monoisotopic (exact) mass is 638 g/mol. The number of benzene rings is 2. The standard InChI is InChI=1S/C29H27FN6O6S2/c1-2-42-28(39)25-21-5-3-4-6-22(21)44-27(25)32-24(37)16-43-29-34-33-23(35(29)19-13-9-18(30)10-14-19)15-31-26(38)17-7-11-20(12-8-17)36(40)41/h7-14H,2-6,15-16H2,1H3,(H,31,38)(H,32,37). The largest absolute Gasteiger partial charge is 0.462 e. The zero-order valence-corrected chi connectivity index (χ0v) is 25.1. The van der Waals surface area contributed by atoms with Crippen molar-refractivity contribution >= 4 is 51.6 Å². The fraction of sp³-hybridized carbons (Fsp3) is 0.276. The summed E-state index contributed by atoms with van der Waals surface area (Å²) in [7, 11) is 0. The molecule has 2 amide bonds. The summed E-state index contributed by atoms with van der Waals surface area (Å²) in [5.41, 5.74) is 1.95. The Balaban J connectivity index is 1.31. The first-order chi connectivity index (χ1) is 21.2. The molecule has 5 rings (SSSR count). The molecule has 2 aromatic carbocycles. The predicted octanol–water partition coefficient (Wildman–Crippen LogP) is 5.09. The van der Waals surface area contributed by atoms with E-state index in [1.165, 1.54) is 59.9 Å². The first kappa shape index (κ1) is 30.8. The number of ether oxygens (including phenoxy) is 1. The summed E-state index contributed by atoms with van der Waals surface area (Å²) in [6.07, 6.45) is 3.60. The number of amides is 2. The van der Waals surface area contributed by atoms with Crippen LogP contribution in [0.15, 0.2) is 53.7 Å². The molecule has 1 aliphatic carbocycles. The van der Waals surface area contributed by atoms with Crippen molar-refractivity contribution in [2.45, 2.75) is 44.3 Å². The van der Waals surface area contributed by atoms with Crippen LogP contribution in [-0.2, 0) is 28.9 Å². The van der Waals surface area contributed by atoms with Crippen LogP contribution in [0.4, 0.5) is 15.1 Å². The highest BCUT2D eigenvalue weighted by Crippen LogP contribution is 2.38. The highest BCUT2D eigenvalue weighted by atomic mass is 32.2. The number of nitrogens with one attached hydrogen (secondary N) is 2. The lowest BCUT2D eigenvalue weighted by atomic mass is 9.95. The zero-order chi connectivity index (χ0) is 31.2. The van der Waals surface area contributed by atoms with Crippen LogP contribution in [0, 0.1) is 15.9 Å². The van der Waals surface area contributed by atoms with Crippen molar-refractivity contribution in [3.8, 4) is 5.69 Å². The average Bonchev–Trinajstić information content (AvgIpc) is 3.60. The van der Waals surface area contributed by atoms with Crippen LogP contribution in [0.3, 0.4) is 0 Å². The fourth-order valence-corrected chi connectivity index (χ4v) is 6.78. The Bertz CT molecular complexity index is 1700. The van der Waals surface area contributed by atoms with Crippen molar-refractivity contribution in [3.63, 3.8) is 0 Å². The molecule has 1 aliphatic rings. The molecule has 2 heterocycles. The average molecular weight is 639 g/mol. The summed E-state index contributed by atoms with van der Waals surface area (Å²) in [6, 6.07) is 10.7. The Kier molecular flexibility index (Phi) is 9.65. The molecule has 0 atom stereocenters. The van der Waals surface area contributed by atoms with Gasteiger partial charge in [-0.1, -0.05) is 11.8 Å². The maximum atomic E-state index is 13.7. The van der Waals surface area contributed by atoms with Gasteiger partial charge in [0.1, 0.15) is 10.8 Å². The summed E-state index contributed by atoms with van der Waals surface area (Å²) in [4.78, 5) is 50.0. The molecule has 0 aliphatic heterocycles. The number of hydrogen-bond acceptors (Lipinski definition) is 10. The predicted molar refractivity (Wildman–Crippen MR) is 162 cm³/mol. The van der Waals surface area contributed by atoms with Gasteiger partial charge in [0.15, 0.2) is 11.0 Å². The number of rotatable bonds is 11. The van der Waals surface area contributed by atoms with Gasteiger partial charge >= 0.3 is 5.97 Å². The summed E-state index contributed by atoms with van der Waals surface area (Å²) in [5.74, 6) is -1.51. The van der Waals surface area contributed by atoms with Crippen LogP contribution in [-0.4, -0.2) is 49.8 Å². The Morgan fingerprint density at radius 3 is 2.52 bits per heavy atom. The quantitative estimate of drug-likeness (QED) is 0.0988. The third kappa shape index (κ3) is 6.94. The molecule has 0 fully saturated rings. The van der Waals surface area contributed by atoms with Crippen LogP contribution in [0.1, 0.15) is 56.7 Å². The number of nitro groups is 1. The number of aryl methyl sites for hydroxylation is 1. The van der Waals surface area contributed by atoms with Gasteiger partial charge in [0.25, 0.3) is 11.6 Å². The number of fused-ring (bicyclic) bond motifs is 1. The number of hydrogen-bond donors (Lipinski definition) is 2. The first-order valence-electron chi connectivity index (χ1n) is 13.7. The Hall–Kier alpha value is -4.63. The second-order valence-corrected chi connectivity index (χ2v) is 11.7. The SMILES string of the molecule is CCOC(=O)c1c(NC(=O)CSc2nnc(CNC(=O)c3ccc([N+](=O)[O-])cc3)n2-c2ccc(F)cc2)sc2c1CCCC2. The number of nitrogens with zero attached hydrogens (tertiary/aromatic N) is 4. The lowest BCUT2D eigenvalue weighted by molar-refractivity contribution is -0.384. The van der Waals surface area contributed by atoms with Gasteiger partial charge in [0.2, 0.25) is 5.91 Å². The second kappa shape index (κ2) is 13.8. The Morgan fingerprint density at radius 2 is 1.82 bits per heavy atom. The number of thioether (sulfide) groups is 1. The molecule has 0 radical (unpaired) electrons. The minimum atomic E-state index is -0.556. The maximum Gasteiger partial charge on any atom is 0.341 e. The van der Waals surface area contributed by atoms with E-state index in [4.69, 9.17) is 4.74 Å². The van der Waals surface area contributed by atoms with Crippen LogP contribution in [0.5, 0.6) is 0 Å². The molecule has 0 saturated carbocycles. The van der Waals surface area contributed by atoms with Gasteiger partial charge in [-0.3, -0.25) is 24.3 Å². The number of anilines is 1. The highest BCUT2D eigenvalue weighted by Gasteiger charge is 2.27. The first-order valence-corrected chi connectivity index (χ1v) is 15.5. The molecule has 0 unspecified atom stereocenters. The maximum absolute atomic E-state index is 13.7. The van der Waals surface area contributed by atoms with E-state index < -0.39 is 22.6 Å². The summed E-state index contributed by atoms with van der Waals surface area (Å²) >= 11 is 2.48. The molecule has 44 heavy (non-hydrogen) atoms. The van der Waals surface area contributed by atoms with Gasteiger partial charge in [-0.25, -0.2) is 9.18 Å². The number of nitro benzene ring substituents is 1. The molecule has 4 aromatic rings. The molecular weight excluding hydrogens is 611 g/mol. The lowest BCUT2D eigenvalue weighted by Crippen LogP contribution is -2.24. The molecule has 15 heteroatoms. The molecule has 0 spiro atoms. The molecule has 0 saturated heterocycles. The molecule has 12 nitrogen and oxygen atoms in total. The third-order valence-electron chi connectivity index (χ3n) is 6.77. The summed E-state index contributed by atoms with van der Waals surface area (Å²) in [5, 5.41) is 25.7. The van der Waals surface area contributed by atoms with E-state index in [9.17, 15) is 28.9 Å². The van der Waals surface area contributed by atoms with E-state index in [2.05, 4.69) is 20.8 Å².